The Morgan fingerprint density at radius 2 is 1.78 bits per heavy atom. The standard InChI is InChI=1S/C32H39N3O2/c1-25-12-14-27(15-13-25)22-34(24-36)23-30-17-16-29(21-26(30)2)32(37)33-18-8-20-35-19-7-6-11-31(35)28-9-4-3-5-10-28/h3-5,9-10,12-17,21,24,31H,6-8,11,18-20,22-23H2,1-2H3,(H,33,37). The molecule has 37 heavy (non-hydrogen) atoms. The highest BCUT2D eigenvalue weighted by atomic mass is 16.1. The average Bonchev–Trinajstić information content (AvgIpc) is 2.93. The SMILES string of the molecule is Cc1ccc(CN(C=O)Cc2ccc(C(=O)NCCCN3CCCCC3c3ccccc3)cc2C)cc1. The van der Waals surface area contributed by atoms with E-state index >= 15 is 0 Å². The van der Waals surface area contributed by atoms with Gasteiger partial charge in [-0.05, 0) is 74.0 Å². The number of likely N-dealkylation sites (tertiary alicyclic amines) is 1. The number of piperidine rings is 1. The fraction of sp³-hybridized carbons (Fsp3) is 0.375. The van der Waals surface area contributed by atoms with Gasteiger partial charge in [0.15, 0.2) is 0 Å². The first-order chi connectivity index (χ1) is 18.0. The Labute approximate surface area is 221 Å². The third-order valence-electron chi connectivity index (χ3n) is 7.34. The van der Waals surface area contributed by atoms with E-state index in [1.807, 2.05) is 25.1 Å². The summed E-state index contributed by atoms with van der Waals surface area (Å²) in [5.41, 5.74) is 6.43. The van der Waals surface area contributed by atoms with E-state index in [0.717, 1.165) is 42.6 Å². The second-order valence-corrected chi connectivity index (χ2v) is 10.2. The molecule has 0 saturated carbocycles. The molecule has 3 aromatic rings. The summed E-state index contributed by atoms with van der Waals surface area (Å²) in [6.07, 6.45) is 5.55. The maximum Gasteiger partial charge on any atom is 0.251 e. The van der Waals surface area contributed by atoms with Crippen LogP contribution in [-0.4, -0.2) is 41.8 Å². The minimum Gasteiger partial charge on any atom is -0.352 e. The Balaban J connectivity index is 1.26. The first kappa shape index (κ1) is 26.6. The van der Waals surface area contributed by atoms with Crippen molar-refractivity contribution < 1.29 is 9.59 Å². The molecule has 0 radical (unpaired) electrons. The molecule has 0 aliphatic carbocycles. The van der Waals surface area contributed by atoms with E-state index in [-0.39, 0.29) is 5.91 Å². The van der Waals surface area contributed by atoms with E-state index in [9.17, 15) is 9.59 Å². The minimum absolute atomic E-state index is 0.0418. The number of amides is 2. The van der Waals surface area contributed by atoms with Gasteiger partial charge < -0.3 is 10.2 Å². The van der Waals surface area contributed by atoms with E-state index in [2.05, 4.69) is 71.7 Å². The van der Waals surface area contributed by atoms with Crippen molar-refractivity contribution in [2.45, 2.75) is 58.7 Å². The largest absolute Gasteiger partial charge is 0.352 e. The zero-order chi connectivity index (χ0) is 26.0. The van der Waals surface area contributed by atoms with E-state index in [1.54, 1.807) is 4.90 Å². The molecule has 0 spiro atoms. The molecule has 3 aromatic carbocycles. The van der Waals surface area contributed by atoms with Crippen molar-refractivity contribution in [3.63, 3.8) is 0 Å². The van der Waals surface area contributed by atoms with E-state index < -0.39 is 0 Å². The van der Waals surface area contributed by atoms with Crippen molar-refractivity contribution in [2.75, 3.05) is 19.6 Å². The van der Waals surface area contributed by atoms with Gasteiger partial charge in [-0.3, -0.25) is 14.5 Å². The van der Waals surface area contributed by atoms with Crippen LogP contribution in [0.25, 0.3) is 0 Å². The van der Waals surface area contributed by atoms with Gasteiger partial charge in [-0.15, -0.1) is 0 Å². The summed E-state index contributed by atoms with van der Waals surface area (Å²) in [5, 5.41) is 3.10. The highest BCUT2D eigenvalue weighted by molar-refractivity contribution is 5.94. The number of hydrogen-bond donors (Lipinski definition) is 1. The molecule has 2 amide bonds. The summed E-state index contributed by atoms with van der Waals surface area (Å²) in [5.74, 6) is -0.0418. The smallest absolute Gasteiger partial charge is 0.251 e. The highest BCUT2D eigenvalue weighted by Crippen LogP contribution is 2.30. The lowest BCUT2D eigenvalue weighted by molar-refractivity contribution is -0.119. The van der Waals surface area contributed by atoms with Crippen molar-refractivity contribution >= 4 is 12.3 Å². The fourth-order valence-electron chi connectivity index (χ4n) is 5.19. The number of nitrogens with one attached hydrogen (secondary N) is 1. The van der Waals surface area contributed by atoms with Crippen molar-refractivity contribution in [1.82, 2.24) is 15.1 Å². The molecular weight excluding hydrogens is 458 g/mol. The molecule has 5 heteroatoms. The van der Waals surface area contributed by atoms with Crippen molar-refractivity contribution in [3.8, 4) is 0 Å². The van der Waals surface area contributed by atoms with Crippen LogP contribution in [0.4, 0.5) is 0 Å². The van der Waals surface area contributed by atoms with Gasteiger partial charge in [0, 0.05) is 37.8 Å². The van der Waals surface area contributed by atoms with Crippen LogP contribution in [0.3, 0.4) is 0 Å². The summed E-state index contributed by atoms with van der Waals surface area (Å²) in [6, 6.07) is 25.2. The van der Waals surface area contributed by atoms with E-state index in [1.165, 1.54) is 30.4 Å². The maximum atomic E-state index is 12.8. The van der Waals surface area contributed by atoms with Gasteiger partial charge in [-0.2, -0.15) is 0 Å². The Hall–Kier alpha value is -3.44. The quantitative estimate of drug-likeness (QED) is 0.269. The topological polar surface area (TPSA) is 52.7 Å². The van der Waals surface area contributed by atoms with Gasteiger partial charge in [0.25, 0.3) is 5.91 Å². The van der Waals surface area contributed by atoms with E-state index in [4.69, 9.17) is 0 Å². The molecule has 1 fully saturated rings. The average molecular weight is 498 g/mol. The molecule has 1 atom stereocenters. The van der Waals surface area contributed by atoms with Crippen LogP contribution >= 0.6 is 0 Å². The third-order valence-corrected chi connectivity index (χ3v) is 7.34. The van der Waals surface area contributed by atoms with Crippen LogP contribution in [0.2, 0.25) is 0 Å². The summed E-state index contributed by atoms with van der Waals surface area (Å²) < 4.78 is 0. The zero-order valence-corrected chi connectivity index (χ0v) is 22.2. The maximum absolute atomic E-state index is 12.8. The van der Waals surface area contributed by atoms with Crippen LogP contribution in [-0.2, 0) is 17.9 Å². The molecule has 1 aliphatic heterocycles. The summed E-state index contributed by atoms with van der Waals surface area (Å²) in [7, 11) is 0. The first-order valence-corrected chi connectivity index (χ1v) is 13.4. The van der Waals surface area contributed by atoms with Gasteiger partial charge in [0.1, 0.15) is 0 Å². The molecule has 4 rings (SSSR count). The van der Waals surface area contributed by atoms with Gasteiger partial charge in [0.05, 0.1) is 0 Å². The number of benzene rings is 3. The lowest BCUT2D eigenvalue weighted by Crippen LogP contribution is -2.36. The third kappa shape index (κ3) is 7.53. The summed E-state index contributed by atoms with van der Waals surface area (Å²) >= 11 is 0. The summed E-state index contributed by atoms with van der Waals surface area (Å²) in [4.78, 5) is 28.8. The molecule has 0 bridgehead atoms. The number of nitrogens with zero attached hydrogens (tertiary/aromatic N) is 2. The van der Waals surface area contributed by atoms with Gasteiger partial charge in [0.2, 0.25) is 6.41 Å². The predicted molar refractivity (Wildman–Crippen MR) is 149 cm³/mol. The molecule has 1 saturated heterocycles. The molecule has 1 N–H and O–H groups in total. The normalized spacial score (nSPS) is 15.8. The monoisotopic (exact) mass is 497 g/mol. The van der Waals surface area contributed by atoms with Crippen molar-refractivity contribution in [2.24, 2.45) is 0 Å². The molecule has 194 valence electrons. The Morgan fingerprint density at radius 1 is 1.00 bits per heavy atom. The zero-order valence-electron chi connectivity index (χ0n) is 22.2. The van der Waals surface area contributed by atoms with Crippen LogP contribution in [0.5, 0.6) is 0 Å². The lowest BCUT2D eigenvalue weighted by Gasteiger charge is -2.36. The number of rotatable bonds is 11. The van der Waals surface area contributed by atoms with E-state index in [0.29, 0.717) is 31.2 Å². The number of aryl methyl sites for hydroxylation is 2. The van der Waals surface area contributed by atoms with Gasteiger partial charge in [-0.25, -0.2) is 0 Å². The summed E-state index contributed by atoms with van der Waals surface area (Å²) in [6.45, 7) is 7.90. The van der Waals surface area contributed by atoms with Crippen LogP contribution < -0.4 is 5.32 Å². The molecule has 0 aromatic heterocycles. The first-order valence-electron chi connectivity index (χ1n) is 13.4. The molecule has 1 heterocycles. The Morgan fingerprint density at radius 3 is 2.51 bits per heavy atom. The Bertz CT molecular complexity index is 1160. The molecular formula is C32H39N3O2. The number of hydrogen-bond acceptors (Lipinski definition) is 3. The van der Waals surface area contributed by atoms with Crippen LogP contribution in [0.15, 0.2) is 72.8 Å². The van der Waals surface area contributed by atoms with Gasteiger partial charge in [-0.1, -0.05) is 72.6 Å². The van der Waals surface area contributed by atoms with Crippen molar-refractivity contribution in [3.05, 3.63) is 106 Å². The Kier molecular flexibility index (Phi) is 9.50. The highest BCUT2D eigenvalue weighted by Gasteiger charge is 2.23. The van der Waals surface area contributed by atoms with Crippen molar-refractivity contribution in [1.29, 1.82) is 0 Å². The number of carbonyl (C=O) groups is 2. The van der Waals surface area contributed by atoms with Gasteiger partial charge >= 0.3 is 0 Å². The second kappa shape index (κ2) is 13.2. The molecule has 1 aliphatic rings. The minimum atomic E-state index is -0.0418. The van der Waals surface area contributed by atoms with Crippen LogP contribution in [0.1, 0.15) is 69.9 Å². The second-order valence-electron chi connectivity index (χ2n) is 10.2. The molecule has 1 unspecified atom stereocenters. The molecule has 5 nitrogen and oxygen atoms in total. The number of carbonyl (C=O) groups excluding carboxylic acids is 2. The lowest BCUT2D eigenvalue weighted by atomic mass is 9.95. The van der Waals surface area contributed by atoms with Crippen LogP contribution in [0, 0.1) is 13.8 Å². The fourth-order valence-corrected chi connectivity index (χ4v) is 5.19. The predicted octanol–water partition coefficient (Wildman–Crippen LogP) is 5.81.